The Kier molecular flexibility index (Phi) is 3.36. The quantitative estimate of drug-likeness (QED) is 0.878. The minimum absolute atomic E-state index is 0.0847. The molecule has 0 aliphatic carbocycles. The number of aromatic hydroxyl groups is 1. The van der Waals surface area contributed by atoms with Crippen LogP contribution in [0.1, 0.15) is 0 Å². The van der Waals surface area contributed by atoms with E-state index < -0.39 is 0 Å². The van der Waals surface area contributed by atoms with Crippen molar-refractivity contribution < 1.29 is 9.84 Å². The van der Waals surface area contributed by atoms with Crippen LogP contribution in [0.15, 0.2) is 46.9 Å². The second-order valence-corrected chi connectivity index (χ2v) is 4.47. The molecule has 0 aliphatic heterocycles. The van der Waals surface area contributed by atoms with Gasteiger partial charge in [-0.25, -0.2) is 0 Å². The van der Waals surface area contributed by atoms with Gasteiger partial charge >= 0.3 is 0 Å². The summed E-state index contributed by atoms with van der Waals surface area (Å²) in [6, 6.07) is 12.0. The molecule has 0 saturated carbocycles. The van der Waals surface area contributed by atoms with Gasteiger partial charge in [0.2, 0.25) is 0 Å². The molecule has 0 amide bonds. The average molecular weight is 300 g/mol. The first-order chi connectivity index (χ1) is 7.66. The van der Waals surface area contributed by atoms with Gasteiger partial charge in [-0.15, -0.1) is 0 Å². The van der Waals surface area contributed by atoms with Crippen molar-refractivity contribution in [2.24, 2.45) is 0 Å². The predicted molar refractivity (Wildman–Crippen MR) is 67.3 cm³/mol. The van der Waals surface area contributed by atoms with Crippen LogP contribution in [0.2, 0.25) is 5.02 Å². The van der Waals surface area contributed by atoms with Crippen molar-refractivity contribution in [1.82, 2.24) is 0 Å². The molecular weight excluding hydrogens is 291 g/mol. The molecule has 16 heavy (non-hydrogen) atoms. The van der Waals surface area contributed by atoms with Crippen molar-refractivity contribution in [3.05, 3.63) is 52.0 Å². The average Bonchev–Trinajstić information content (AvgIpc) is 2.25. The molecule has 1 N–H and O–H groups in total. The highest BCUT2D eigenvalue weighted by Crippen LogP contribution is 2.35. The Labute approximate surface area is 107 Å². The second-order valence-electron chi connectivity index (χ2n) is 3.14. The van der Waals surface area contributed by atoms with Crippen molar-refractivity contribution >= 4 is 27.5 Å². The fourth-order valence-electron chi connectivity index (χ4n) is 1.22. The van der Waals surface area contributed by atoms with E-state index in [-0.39, 0.29) is 5.75 Å². The Balaban J connectivity index is 2.31. The van der Waals surface area contributed by atoms with Crippen LogP contribution in [0, 0.1) is 0 Å². The smallest absolute Gasteiger partial charge is 0.169 e. The van der Waals surface area contributed by atoms with Gasteiger partial charge in [-0.1, -0.05) is 39.7 Å². The van der Waals surface area contributed by atoms with Crippen LogP contribution in [-0.4, -0.2) is 5.11 Å². The molecule has 0 saturated heterocycles. The summed E-state index contributed by atoms with van der Waals surface area (Å²) in [6.45, 7) is 0. The second kappa shape index (κ2) is 4.76. The van der Waals surface area contributed by atoms with Crippen LogP contribution in [0.5, 0.6) is 17.2 Å². The first-order valence-electron chi connectivity index (χ1n) is 4.58. The van der Waals surface area contributed by atoms with E-state index in [0.717, 1.165) is 4.47 Å². The summed E-state index contributed by atoms with van der Waals surface area (Å²) in [6.07, 6.45) is 0. The van der Waals surface area contributed by atoms with Gasteiger partial charge in [-0.2, -0.15) is 0 Å². The molecule has 0 aliphatic rings. The zero-order valence-electron chi connectivity index (χ0n) is 8.15. The number of phenolic OH excluding ortho intramolecular Hbond substituents is 1. The number of ether oxygens (including phenoxy) is 1. The van der Waals surface area contributed by atoms with Gasteiger partial charge in [-0.3, -0.25) is 0 Å². The van der Waals surface area contributed by atoms with E-state index in [4.69, 9.17) is 16.3 Å². The lowest BCUT2D eigenvalue weighted by atomic mass is 10.3. The van der Waals surface area contributed by atoms with Crippen LogP contribution in [0.4, 0.5) is 0 Å². The molecule has 0 aromatic heterocycles. The highest BCUT2D eigenvalue weighted by Gasteiger charge is 2.06. The third kappa shape index (κ3) is 2.49. The number of hydrogen-bond acceptors (Lipinski definition) is 2. The van der Waals surface area contributed by atoms with E-state index in [2.05, 4.69) is 15.9 Å². The number of rotatable bonds is 2. The van der Waals surface area contributed by atoms with Gasteiger partial charge in [0.1, 0.15) is 5.75 Å². The van der Waals surface area contributed by atoms with Gasteiger partial charge in [0.25, 0.3) is 0 Å². The number of phenols is 1. The molecule has 0 unspecified atom stereocenters. The van der Waals surface area contributed by atoms with Crippen molar-refractivity contribution in [3.63, 3.8) is 0 Å². The fraction of sp³-hybridized carbons (Fsp3) is 0. The van der Waals surface area contributed by atoms with Gasteiger partial charge in [0.05, 0.1) is 5.02 Å². The number of halogens is 2. The lowest BCUT2D eigenvalue weighted by Crippen LogP contribution is -1.85. The normalized spacial score (nSPS) is 10.1. The van der Waals surface area contributed by atoms with Crippen LogP contribution >= 0.6 is 27.5 Å². The lowest BCUT2D eigenvalue weighted by Gasteiger charge is -2.08. The summed E-state index contributed by atoms with van der Waals surface area (Å²) >= 11 is 9.30. The zero-order chi connectivity index (χ0) is 11.5. The Morgan fingerprint density at radius 1 is 1.06 bits per heavy atom. The molecule has 0 atom stereocenters. The standard InChI is InChI=1S/C12H8BrClO2/c13-8-5-6-11(9(14)7-8)16-12-4-2-1-3-10(12)15/h1-7,15H. The molecule has 0 bridgehead atoms. The largest absolute Gasteiger partial charge is 0.504 e. The van der Waals surface area contributed by atoms with Gasteiger partial charge in [-0.05, 0) is 30.3 Å². The third-order valence-electron chi connectivity index (χ3n) is 1.98. The molecule has 0 spiro atoms. The Morgan fingerprint density at radius 3 is 2.50 bits per heavy atom. The predicted octanol–water partition coefficient (Wildman–Crippen LogP) is 4.60. The molecule has 0 radical (unpaired) electrons. The molecule has 0 heterocycles. The minimum atomic E-state index is 0.0847. The molecule has 82 valence electrons. The van der Waals surface area contributed by atoms with E-state index in [1.807, 2.05) is 6.07 Å². The molecule has 2 aromatic carbocycles. The van der Waals surface area contributed by atoms with Crippen LogP contribution in [0.25, 0.3) is 0 Å². The molecule has 2 nitrogen and oxygen atoms in total. The summed E-state index contributed by atoms with van der Waals surface area (Å²) in [5.41, 5.74) is 0. The molecule has 0 fully saturated rings. The van der Waals surface area contributed by atoms with Crippen LogP contribution in [0.3, 0.4) is 0 Å². The molecular formula is C12H8BrClO2. The van der Waals surface area contributed by atoms with Gasteiger partial charge in [0, 0.05) is 4.47 Å². The summed E-state index contributed by atoms with van der Waals surface area (Å²) < 4.78 is 6.37. The maximum Gasteiger partial charge on any atom is 0.169 e. The van der Waals surface area contributed by atoms with E-state index in [9.17, 15) is 5.11 Å². The topological polar surface area (TPSA) is 29.5 Å². The molecule has 4 heteroatoms. The van der Waals surface area contributed by atoms with Gasteiger partial charge < -0.3 is 9.84 Å². The van der Waals surface area contributed by atoms with E-state index in [1.165, 1.54) is 0 Å². The first-order valence-corrected chi connectivity index (χ1v) is 5.75. The van der Waals surface area contributed by atoms with E-state index in [0.29, 0.717) is 16.5 Å². The van der Waals surface area contributed by atoms with E-state index in [1.54, 1.807) is 36.4 Å². The summed E-state index contributed by atoms with van der Waals surface area (Å²) in [5.74, 6) is 0.972. The zero-order valence-corrected chi connectivity index (χ0v) is 10.5. The summed E-state index contributed by atoms with van der Waals surface area (Å²) in [5, 5.41) is 10.0. The van der Waals surface area contributed by atoms with Crippen LogP contribution in [-0.2, 0) is 0 Å². The number of benzene rings is 2. The van der Waals surface area contributed by atoms with Gasteiger partial charge in [0.15, 0.2) is 11.5 Å². The SMILES string of the molecule is Oc1ccccc1Oc1ccc(Br)cc1Cl. The van der Waals surface area contributed by atoms with Crippen molar-refractivity contribution in [1.29, 1.82) is 0 Å². The lowest BCUT2D eigenvalue weighted by molar-refractivity contribution is 0.411. The third-order valence-corrected chi connectivity index (χ3v) is 2.77. The maximum absolute atomic E-state index is 9.54. The highest BCUT2D eigenvalue weighted by molar-refractivity contribution is 9.10. The van der Waals surface area contributed by atoms with E-state index >= 15 is 0 Å². The number of para-hydroxylation sites is 2. The summed E-state index contributed by atoms with van der Waals surface area (Å²) in [7, 11) is 0. The van der Waals surface area contributed by atoms with Crippen LogP contribution < -0.4 is 4.74 Å². The minimum Gasteiger partial charge on any atom is -0.504 e. The Hall–Kier alpha value is -1.19. The molecule has 2 aromatic rings. The highest BCUT2D eigenvalue weighted by atomic mass is 79.9. The maximum atomic E-state index is 9.54. The van der Waals surface area contributed by atoms with Crippen molar-refractivity contribution in [2.45, 2.75) is 0 Å². The van der Waals surface area contributed by atoms with Crippen molar-refractivity contribution in [2.75, 3.05) is 0 Å². The molecule has 2 rings (SSSR count). The first kappa shape index (κ1) is 11.3. The fourth-order valence-corrected chi connectivity index (χ4v) is 1.93. The Bertz CT molecular complexity index is 514. The monoisotopic (exact) mass is 298 g/mol. The summed E-state index contributed by atoms with van der Waals surface area (Å²) in [4.78, 5) is 0. The number of hydrogen-bond donors (Lipinski definition) is 1. The Morgan fingerprint density at radius 2 is 1.81 bits per heavy atom. The van der Waals surface area contributed by atoms with Crippen molar-refractivity contribution in [3.8, 4) is 17.2 Å².